The number of hydrogen-bond donors (Lipinski definition) is 1. The van der Waals surface area contributed by atoms with Crippen LogP contribution in [0.2, 0.25) is 0 Å². The number of rotatable bonds is 9. The van der Waals surface area contributed by atoms with E-state index in [1.807, 2.05) is 54.8 Å². The van der Waals surface area contributed by atoms with Crippen LogP contribution in [0.15, 0.2) is 64.6 Å². The Labute approximate surface area is 204 Å². The fraction of sp³-hybridized carbons (Fsp3) is 0.375. The zero-order valence-corrected chi connectivity index (χ0v) is 21.0. The van der Waals surface area contributed by atoms with E-state index in [9.17, 15) is 13.2 Å². The summed E-state index contributed by atoms with van der Waals surface area (Å²) in [6, 6.07) is 16.6. The van der Waals surface area contributed by atoms with Gasteiger partial charge in [0.25, 0.3) is 0 Å². The molecular formula is C24H29N5O3S2. The van der Waals surface area contributed by atoms with Crippen molar-refractivity contribution >= 4 is 27.7 Å². The van der Waals surface area contributed by atoms with Crippen molar-refractivity contribution in [1.29, 1.82) is 0 Å². The number of sulfonamides is 1. The lowest BCUT2D eigenvalue weighted by Crippen LogP contribution is -2.33. The molecule has 34 heavy (non-hydrogen) atoms. The van der Waals surface area contributed by atoms with Crippen LogP contribution in [0.1, 0.15) is 33.1 Å². The van der Waals surface area contributed by atoms with E-state index in [4.69, 9.17) is 0 Å². The molecule has 1 aliphatic rings. The number of nitrogens with zero attached hydrogens (tertiary/aromatic N) is 4. The number of hydrogen-bond acceptors (Lipinski definition) is 6. The van der Waals surface area contributed by atoms with Crippen LogP contribution < -0.4 is 5.32 Å². The van der Waals surface area contributed by atoms with Gasteiger partial charge in [-0.25, -0.2) is 8.42 Å². The molecule has 3 aromatic rings. The van der Waals surface area contributed by atoms with E-state index in [1.54, 1.807) is 18.2 Å². The number of para-hydroxylation sites is 1. The molecule has 0 radical (unpaired) electrons. The Morgan fingerprint density at radius 1 is 1.09 bits per heavy atom. The molecule has 0 aliphatic carbocycles. The van der Waals surface area contributed by atoms with Crippen LogP contribution in [-0.4, -0.2) is 58.3 Å². The standard InChI is InChI=1S/C24H29N5O3S2/c1-3-18(2)25-22(30)17-33-24-27-26-23(29(24)20-11-5-4-6-12-20)19-10-9-13-21(16-19)34(31,32)28-14-7-8-15-28/h4-6,9-13,16,18H,3,7-8,14-15,17H2,1-2H3,(H,25,30)/t18-/m1/s1. The maximum atomic E-state index is 13.1. The fourth-order valence-corrected chi connectivity index (χ4v) is 6.11. The highest BCUT2D eigenvalue weighted by molar-refractivity contribution is 7.99. The Morgan fingerprint density at radius 2 is 1.82 bits per heavy atom. The van der Waals surface area contributed by atoms with Crippen LogP contribution in [0.4, 0.5) is 0 Å². The van der Waals surface area contributed by atoms with Crippen LogP contribution in [0.25, 0.3) is 17.1 Å². The minimum Gasteiger partial charge on any atom is -0.353 e. The summed E-state index contributed by atoms with van der Waals surface area (Å²) in [5.41, 5.74) is 1.48. The summed E-state index contributed by atoms with van der Waals surface area (Å²) in [6.07, 6.45) is 2.62. The predicted molar refractivity (Wildman–Crippen MR) is 133 cm³/mol. The van der Waals surface area contributed by atoms with E-state index in [-0.39, 0.29) is 22.6 Å². The minimum absolute atomic E-state index is 0.0674. The molecule has 1 aliphatic heterocycles. The number of nitrogens with one attached hydrogen (secondary N) is 1. The number of carbonyl (C=O) groups is 1. The van der Waals surface area contributed by atoms with Gasteiger partial charge in [-0.1, -0.05) is 49.0 Å². The number of carbonyl (C=O) groups excluding carboxylic acids is 1. The molecule has 0 saturated carbocycles. The van der Waals surface area contributed by atoms with Gasteiger partial charge in [0.1, 0.15) is 0 Å². The highest BCUT2D eigenvalue weighted by Crippen LogP contribution is 2.30. The summed E-state index contributed by atoms with van der Waals surface area (Å²) < 4.78 is 29.6. The van der Waals surface area contributed by atoms with Gasteiger partial charge in [0.15, 0.2) is 11.0 Å². The maximum absolute atomic E-state index is 13.1. The topological polar surface area (TPSA) is 97.2 Å². The van der Waals surface area contributed by atoms with Crippen molar-refractivity contribution < 1.29 is 13.2 Å². The first-order valence-electron chi connectivity index (χ1n) is 11.4. The third kappa shape index (κ3) is 5.34. The van der Waals surface area contributed by atoms with Gasteiger partial charge in [0.05, 0.1) is 10.6 Å². The summed E-state index contributed by atoms with van der Waals surface area (Å²) >= 11 is 1.30. The zero-order chi connectivity index (χ0) is 24.1. The molecule has 0 spiro atoms. The quantitative estimate of drug-likeness (QED) is 0.451. The minimum atomic E-state index is -3.56. The summed E-state index contributed by atoms with van der Waals surface area (Å²) in [4.78, 5) is 12.6. The Hall–Kier alpha value is -2.69. The Balaban J connectivity index is 1.68. The normalized spacial score (nSPS) is 15.4. The van der Waals surface area contributed by atoms with E-state index < -0.39 is 10.0 Å². The molecule has 1 amide bonds. The molecule has 1 N–H and O–H groups in total. The fourth-order valence-electron chi connectivity index (χ4n) is 3.78. The van der Waals surface area contributed by atoms with E-state index in [2.05, 4.69) is 15.5 Å². The van der Waals surface area contributed by atoms with E-state index >= 15 is 0 Å². The van der Waals surface area contributed by atoms with Gasteiger partial charge in [0, 0.05) is 30.4 Å². The summed E-state index contributed by atoms with van der Waals surface area (Å²) in [5.74, 6) is 0.662. The second-order valence-corrected chi connectivity index (χ2v) is 11.2. The molecule has 0 unspecified atom stereocenters. The van der Waals surface area contributed by atoms with Crippen LogP contribution in [0, 0.1) is 0 Å². The number of aromatic nitrogens is 3. The molecule has 1 atom stereocenters. The highest BCUT2D eigenvalue weighted by Gasteiger charge is 2.28. The summed E-state index contributed by atoms with van der Waals surface area (Å²) in [6.45, 7) is 5.09. The molecule has 2 heterocycles. The van der Waals surface area contributed by atoms with Gasteiger partial charge in [-0.05, 0) is 50.5 Å². The van der Waals surface area contributed by atoms with Crippen molar-refractivity contribution in [2.24, 2.45) is 0 Å². The third-order valence-electron chi connectivity index (χ3n) is 5.79. The van der Waals surface area contributed by atoms with Crippen molar-refractivity contribution in [2.45, 2.75) is 49.2 Å². The lowest BCUT2D eigenvalue weighted by Gasteiger charge is -2.16. The lowest BCUT2D eigenvalue weighted by atomic mass is 10.2. The van der Waals surface area contributed by atoms with Crippen molar-refractivity contribution in [1.82, 2.24) is 24.4 Å². The molecule has 4 rings (SSSR count). The first-order valence-corrected chi connectivity index (χ1v) is 13.9. The van der Waals surface area contributed by atoms with Crippen molar-refractivity contribution in [2.75, 3.05) is 18.8 Å². The Bertz CT molecular complexity index is 1240. The molecular weight excluding hydrogens is 470 g/mol. The lowest BCUT2D eigenvalue weighted by molar-refractivity contribution is -0.119. The summed E-state index contributed by atoms with van der Waals surface area (Å²) in [5, 5.41) is 12.3. The third-order valence-corrected chi connectivity index (χ3v) is 8.62. The van der Waals surface area contributed by atoms with E-state index in [0.717, 1.165) is 24.9 Å². The molecule has 10 heteroatoms. The van der Waals surface area contributed by atoms with Crippen molar-refractivity contribution in [3.8, 4) is 17.1 Å². The van der Waals surface area contributed by atoms with Crippen LogP contribution in [-0.2, 0) is 14.8 Å². The average Bonchev–Trinajstić information content (AvgIpc) is 3.54. The van der Waals surface area contributed by atoms with E-state index in [0.29, 0.717) is 29.6 Å². The molecule has 2 aromatic carbocycles. The van der Waals surface area contributed by atoms with Crippen molar-refractivity contribution in [3.63, 3.8) is 0 Å². The predicted octanol–water partition coefficient (Wildman–Crippen LogP) is 3.73. The monoisotopic (exact) mass is 499 g/mol. The smallest absolute Gasteiger partial charge is 0.243 e. The van der Waals surface area contributed by atoms with E-state index in [1.165, 1.54) is 16.1 Å². The number of benzene rings is 2. The Kier molecular flexibility index (Phi) is 7.70. The first-order chi connectivity index (χ1) is 16.4. The molecule has 1 aromatic heterocycles. The maximum Gasteiger partial charge on any atom is 0.243 e. The molecule has 1 saturated heterocycles. The highest BCUT2D eigenvalue weighted by atomic mass is 32.2. The molecule has 8 nitrogen and oxygen atoms in total. The average molecular weight is 500 g/mol. The molecule has 1 fully saturated rings. The largest absolute Gasteiger partial charge is 0.353 e. The van der Waals surface area contributed by atoms with Crippen LogP contribution in [0.5, 0.6) is 0 Å². The number of amides is 1. The molecule has 0 bridgehead atoms. The second kappa shape index (κ2) is 10.7. The van der Waals surface area contributed by atoms with Gasteiger partial charge in [0.2, 0.25) is 15.9 Å². The second-order valence-electron chi connectivity index (χ2n) is 8.28. The van der Waals surface area contributed by atoms with Crippen molar-refractivity contribution in [3.05, 3.63) is 54.6 Å². The van der Waals surface area contributed by atoms with Gasteiger partial charge >= 0.3 is 0 Å². The first kappa shape index (κ1) is 24.4. The van der Waals surface area contributed by atoms with Gasteiger partial charge in [-0.2, -0.15) is 4.31 Å². The van der Waals surface area contributed by atoms with Crippen LogP contribution >= 0.6 is 11.8 Å². The zero-order valence-electron chi connectivity index (χ0n) is 19.3. The van der Waals surface area contributed by atoms with Crippen LogP contribution in [0.3, 0.4) is 0 Å². The molecule has 180 valence electrons. The van der Waals surface area contributed by atoms with Gasteiger partial charge in [-0.3, -0.25) is 9.36 Å². The number of thioether (sulfide) groups is 1. The SMILES string of the molecule is CC[C@@H](C)NC(=O)CSc1nnc(-c2cccc(S(=O)(=O)N3CCCC3)c2)n1-c1ccccc1. The summed E-state index contributed by atoms with van der Waals surface area (Å²) in [7, 11) is -3.56. The van der Waals surface area contributed by atoms with Gasteiger partial charge < -0.3 is 5.32 Å². The van der Waals surface area contributed by atoms with Gasteiger partial charge in [-0.15, -0.1) is 10.2 Å². The Morgan fingerprint density at radius 3 is 2.53 bits per heavy atom.